The molecule has 3 heteroatoms. The maximum Gasteiger partial charge on any atom is 0.127 e. The third-order valence-electron chi connectivity index (χ3n) is 3.54. The second-order valence-electron chi connectivity index (χ2n) is 5.41. The Morgan fingerprint density at radius 2 is 2.18 bits per heavy atom. The molecule has 0 amide bonds. The molecule has 1 aliphatic carbocycles. The number of halogens is 2. The predicted octanol–water partition coefficient (Wildman–Crippen LogP) is 4.07. The smallest absolute Gasteiger partial charge is 0.127 e. The molecule has 17 heavy (non-hydrogen) atoms. The van der Waals surface area contributed by atoms with Crippen LogP contribution in [-0.4, -0.2) is 10.7 Å². The number of aliphatic hydroxyl groups is 1. The predicted molar refractivity (Wildman–Crippen MR) is 70.4 cm³/mol. The fourth-order valence-corrected chi connectivity index (χ4v) is 2.80. The maximum atomic E-state index is 13.7. The highest BCUT2D eigenvalue weighted by atomic mass is 79.9. The monoisotopic (exact) mass is 300 g/mol. The summed E-state index contributed by atoms with van der Waals surface area (Å²) in [5.41, 5.74) is -0.197. The summed E-state index contributed by atoms with van der Waals surface area (Å²) < 4.78 is 14.4. The van der Waals surface area contributed by atoms with Gasteiger partial charge in [0.05, 0.1) is 5.60 Å². The minimum Gasteiger partial charge on any atom is -0.390 e. The van der Waals surface area contributed by atoms with E-state index in [4.69, 9.17) is 0 Å². The second-order valence-corrected chi connectivity index (χ2v) is 6.33. The Hall–Kier alpha value is -0.410. The Kier molecular flexibility index (Phi) is 3.88. The van der Waals surface area contributed by atoms with Crippen molar-refractivity contribution in [1.29, 1.82) is 0 Å². The van der Waals surface area contributed by atoms with E-state index < -0.39 is 5.60 Å². The Bertz CT molecular complexity index is 399. The van der Waals surface area contributed by atoms with Crippen LogP contribution in [0.3, 0.4) is 0 Å². The van der Waals surface area contributed by atoms with Crippen molar-refractivity contribution >= 4 is 15.9 Å². The summed E-state index contributed by atoms with van der Waals surface area (Å²) in [4.78, 5) is 0. The van der Waals surface area contributed by atoms with Gasteiger partial charge in [-0.2, -0.15) is 0 Å². The molecule has 0 radical (unpaired) electrons. The van der Waals surface area contributed by atoms with Crippen molar-refractivity contribution in [3.63, 3.8) is 0 Å². The van der Waals surface area contributed by atoms with Crippen LogP contribution in [-0.2, 0) is 6.42 Å². The summed E-state index contributed by atoms with van der Waals surface area (Å²) in [5.74, 6) is 0.386. The van der Waals surface area contributed by atoms with Gasteiger partial charge in [-0.25, -0.2) is 4.39 Å². The third-order valence-corrected chi connectivity index (χ3v) is 4.03. The largest absolute Gasteiger partial charge is 0.390 e. The molecule has 1 unspecified atom stereocenters. The van der Waals surface area contributed by atoms with E-state index in [0.29, 0.717) is 17.9 Å². The highest BCUT2D eigenvalue weighted by Crippen LogP contribution is 2.35. The minimum atomic E-state index is -0.792. The zero-order valence-corrected chi connectivity index (χ0v) is 11.6. The van der Waals surface area contributed by atoms with Crippen LogP contribution in [0.4, 0.5) is 4.39 Å². The van der Waals surface area contributed by atoms with Crippen molar-refractivity contribution in [2.75, 3.05) is 0 Å². The van der Waals surface area contributed by atoms with Gasteiger partial charge in [-0.3, -0.25) is 0 Å². The zero-order valence-electron chi connectivity index (χ0n) is 10.0. The van der Waals surface area contributed by atoms with Gasteiger partial charge in [0.1, 0.15) is 5.82 Å². The van der Waals surface area contributed by atoms with E-state index in [-0.39, 0.29) is 5.82 Å². The molecule has 1 aliphatic rings. The number of hydrogen-bond acceptors (Lipinski definition) is 1. The molecule has 0 aromatic heterocycles. The summed E-state index contributed by atoms with van der Waals surface area (Å²) in [6.45, 7) is 1.81. The second kappa shape index (κ2) is 5.07. The fourth-order valence-electron chi connectivity index (χ4n) is 2.47. The molecule has 2 rings (SSSR count). The Balaban J connectivity index is 2.02. The van der Waals surface area contributed by atoms with Crippen molar-refractivity contribution < 1.29 is 9.50 Å². The van der Waals surface area contributed by atoms with Crippen molar-refractivity contribution in [2.24, 2.45) is 5.92 Å². The minimum absolute atomic E-state index is 0.242. The van der Waals surface area contributed by atoms with E-state index in [1.807, 2.05) is 13.0 Å². The van der Waals surface area contributed by atoms with Gasteiger partial charge < -0.3 is 5.11 Å². The topological polar surface area (TPSA) is 20.2 Å². The normalized spacial score (nSPS) is 19.8. The third kappa shape index (κ3) is 3.52. The molecule has 1 atom stereocenters. The van der Waals surface area contributed by atoms with E-state index in [9.17, 15) is 9.50 Å². The molecule has 0 bridgehead atoms. The van der Waals surface area contributed by atoms with Gasteiger partial charge in [0.2, 0.25) is 0 Å². The fraction of sp³-hybridized carbons (Fsp3) is 0.571. The van der Waals surface area contributed by atoms with E-state index >= 15 is 0 Å². The highest BCUT2D eigenvalue weighted by molar-refractivity contribution is 9.10. The quantitative estimate of drug-likeness (QED) is 0.888. The lowest BCUT2D eigenvalue weighted by Gasteiger charge is -2.33. The summed E-state index contributed by atoms with van der Waals surface area (Å²) in [5, 5.41) is 10.3. The van der Waals surface area contributed by atoms with Crippen LogP contribution in [0.1, 0.15) is 38.2 Å². The van der Waals surface area contributed by atoms with E-state index in [0.717, 1.165) is 10.9 Å². The molecular weight excluding hydrogens is 283 g/mol. The molecule has 1 aromatic carbocycles. The van der Waals surface area contributed by atoms with Crippen molar-refractivity contribution in [3.05, 3.63) is 34.1 Å². The van der Waals surface area contributed by atoms with Gasteiger partial charge in [-0.15, -0.1) is 0 Å². The average molecular weight is 301 g/mol. The van der Waals surface area contributed by atoms with Crippen molar-refractivity contribution in [2.45, 2.75) is 44.6 Å². The Labute approximate surface area is 110 Å². The van der Waals surface area contributed by atoms with E-state index in [1.54, 1.807) is 6.07 Å². The lowest BCUT2D eigenvalue weighted by Crippen LogP contribution is -2.32. The molecule has 0 saturated heterocycles. The van der Waals surface area contributed by atoms with Crippen LogP contribution in [0, 0.1) is 11.7 Å². The molecule has 0 heterocycles. The van der Waals surface area contributed by atoms with Crippen LogP contribution in [0.5, 0.6) is 0 Å². The summed E-state index contributed by atoms with van der Waals surface area (Å²) in [6.07, 6.45) is 4.86. The van der Waals surface area contributed by atoms with Crippen LogP contribution >= 0.6 is 15.9 Å². The van der Waals surface area contributed by atoms with Gasteiger partial charge in [-0.1, -0.05) is 41.3 Å². The summed E-state index contributed by atoms with van der Waals surface area (Å²) in [6, 6.07) is 5.02. The Morgan fingerprint density at radius 1 is 1.47 bits per heavy atom. The van der Waals surface area contributed by atoms with Crippen LogP contribution < -0.4 is 0 Å². The SMILES string of the molecule is CC(O)(Cc1ccc(Br)cc1F)CC1CCC1. The molecule has 0 spiro atoms. The first-order valence-electron chi connectivity index (χ1n) is 6.13. The zero-order chi connectivity index (χ0) is 12.5. The lowest BCUT2D eigenvalue weighted by molar-refractivity contribution is 0.0197. The first-order chi connectivity index (χ1) is 7.96. The maximum absolute atomic E-state index is 13.7. The average Bonchev–Trinajstić information content (AvgIpc) is 2.17. The van der Waals surface area contributed by atoms with Gasteiger partial charge in [0.25, 0.3) is 0 Å². The van der Waals surface area contributed by atoms with Gasteiger partial charge in [0.15, 0.2) is 0 Å². The lowest BCUT2D eigenvalue weighted by atomic mass is 9.76. The first-order valence-corrected chi connectivity index (χ1v) is 6.92. The summed E-state index contributed by atoms with van der Waals surface area (Å²) >= 11 is 3.23. The van der Waals surface area contributed by atoms with Gasteiger partial charge in [0, 0.05) is 10.9 Å². The van der Waals surface area contributed by atoms with E-state index in [1.165, 1.54) is 25.3 Å². The standard InChI is InChI=1S/C14H18BrFO/c1-14(17,8-10-3-2-4-10)9-11-5-6-12(15)7-13(11)16/h5-7,10,17H,2-4,8-9H2,1H3. The van der Waals surface area contributed by atoms with Crippen LogP contribution in [0.15, 0.2) is 22.7 Å². The van der Waals surface area contributed by atoms with Crippen molar-refractivity contribution in [3.8, 4) is 0 Å². The molecule has 1 N–H and O–H groups in total. The first kappa shape index (κ1) is 13.0. The summed E-state index contributed by atoms with van der Waals surface area (Å²) in [7, 11) is 0. The molecule has 1 aromatic rings. The molecule has 1 fully saturated rings. The van der Waals surface area contributed by atoms with Crippen LogP contribution in [0.2, 0.25) is 0 Å². The van der Waals surface area contributed by atoms with Gasteiger partial charge in [-0.05, 0) is 37.0 Å². The number of rotatable bonds is 4. The van der Waals surface area contributed by atoms with Crippen LogP contribution in [0.25, 0.3) is 0 Å². The number of benzene rings is 1. The Morgan fingerprint density at radius 3 is 2.71 bits per heavy atom. The molecule has 1 nitrogen and oxygen atoms in total. The molecule has 94 valence electrons. The molecule has 0 aliphatic heterocycles. The highest BCUT2D eigenvalue weighted by Gasteiger charge is 2.29. The number of hydrogen-bond donors (Lipinski definition) is 1. The molecule has 1 saturated carbocycles. The van der Waals surface area contributed by atoms with E-state index in [2.05, 4.69) is 15.9 Å². The molecular formula is C14H18BrFO. The van der Waals surface area contributed by atoms with Crippen molar-refractivity contribution in [1.82, 2.24) is 0 Å². The van der Waals surface area contributed by atoms with Gasteiger partial charge >= 0.3 is 0 Å².